The second-order valence-electron chi connectivity index (χ2n) is 7.86. The molecule has 1 fully saturated rings. The second-order valence-corrected chi connectivity index (χ2v) is 7.86. The van der Waals surface area contributed by atoms with Crippen molar-refractivity contribution in [2.24, 2.45) is 0 Å². The highest BCUT2D eigenvalue weighted by Crippen LogP contribution is 2.41. The monoisotopic (exact) mass is 438 g/mol. The number of carbonyl (C=O) groups excluding carboxylic acids is 2. The number of aromatic nitrogens is 1. The Kier molecular flexibility index (Phi) is 5.18. The SMILES string of the molecule is O=C1C(=O)N(Cc2ccc(F)cc2)C(c2ccncc2)/C1=C(/O)c1cccc2ccccc12. The number of rotatable bonds is 4. The van der Waals surface area contributed by atoms with E-state index in [1.54, 1.807) is 48.8 Å². The number of Topliss-reactive ketones (excluding diaryl/α,β-unsaturated/α-hetero) is 1. The minimum atomic E-state index is -0.808. The number of likely N-dealkylation sites (tertiary alicyclic amines) is 1. The van der Waals surface area contributed by atoms with Crippen molar-refractivity contribution in [1.82, 2.24) is 9.88 Å². The quantitative estimate of drug-likeness (QED) is 0.277. The van der Waals surface area contributed by atoms with Crippen molar-refractivity contribution >= 4 is 28.2 Å². The number of aliphatic hydroxyl groups is 1. The van der Waals surface area contributed by atoms with Crippen molar-refractivity contribution in [3.05, 3.63) is 119 Å². The molecule has 1 saturated heterocycles. The zero-order valence-corrected chi connectivity index (χ0v) is 17.5. The third kappa shape index (κ3) is 3.65. The average Bonchev–Trinajstić information content (AvgIpc) is 3.10. The van der Waals surface area contributed by atoms with E-state index in [9.17, 15) is 19.1 Å². The van der Waals surface area contributed by atoms with Crippen molar-refractivity contribution in [3.63, 3.8) is 0 Å². The van der Waals surface area contributed by atoms with Gasteiger partial charge in [-0.1, -0.05) is 54.6 Å². The lowest BCUT2D eigenvalue weighted by molar-refractivity contribution is -0.140. The molecule has 1 N–H and O–H groups in total. The molecule has 3 aromatic carbocycles. The normalized spacial score (nSPS) is 17.6. The molecule has 6 heteroatoms. The molecule has 2 heterocycles. The Bertz CT molecular complexity index is 1390. The van der Waals surface area contributed by atoms with Crippen LogP contribution in [0.5, 0.6) is 0 Å². The molecule has 0 saturated carbocycles. The van der Waals surface area contributed by atoms with E-state index in [0.717, 1.165) is 10.8 Å². The molecule has 1 aromatic heterocycles. The van der Waals surface area contributed by atoms with Gasteiger partial charge in [0.05, 0.1) is 11.6 Å². The van der Waals surface area contributed by atoms with Gasteiger partial charge in [0.2, 0.25) is 0 Å². The summed E-state index contributed by atoms with van der Waals surface area (Å²) in [4.78, 5) is 31.8. The number of halogens is 1. The number of ketones is 1. The van der Waals surface area contributed by atoms with Crippen LogP contribution in [0.15, 0.2) is 96.8 Å². The smallest absolute Gasteiger partial charge is 0.295 e. The van der Waals surface area contributed by atoms with Gasteiger partial charge < -0.3 is 10.0 Å². The highest BCUT2D eigenvalue weighted by Gasteiger charge is 2.46. The first-order valence-corrected chi connectivity index (χ1v) is 10.5. The lowest BCUT2D eigenvalue weighted by Gasteiger charge is -2.25. The van der Waals surface area contributed by atoms with E-state index in [2.05, 4.69) is 4.98 Å². The number of hydrogen-bond acceptors (Lipinski definition) is 4. The summed E-state index contributed by atoms with van der Waals surface area (Å²) < 4.78 is 13.4. The summed E-state index contributed by atoms with van der Waals surface area (Å²) in [7, 11) is 0. The first kappa shape index (κ1) is 20.6. The van der Waals surface area contributed by atoms with Crippen LogP contribution in [0.4, 0.5) is 4.39 Å². The Morgan fingerprint density at radius 3 is 2.36 bits per heavy atom. The third-order valence-electron chi connectivity index (χ3n) is 5.87. The number of pyridine rings is 1. The minimum Gasteiger partial charge on any atom is -0.507 e. The Morgan fingerprint density at radius 1 is 0.909 bits per heavy atom. The first-order valence-electron chi connectivity index (χ1n) is 10.5. The van der Waals surface area contributed by atoms with E-state index in [4.69, 9.17) is 0 Å². The standard InChI is InChI=1S/C27H19FN2O3/c28-20-10-8-17(9-11-20)16-30-24(19-12-14-29-15-13-19)23(26(32)27(30)33)25(31)22-7-3-5-18-4-1-2-6-21(18)22/h1-15,24,31H,16H2/b25-23-. The molecule has 4 aromatic rings. The van der Waals surface area contributed by atoms with Crippen molar-refractivity contribution in [1.29, 1.82) is 0 Å². The van der Waals surface area contributed by atoms with Gasteiger partial charge in [-0.15, -0.1) is 0 Å². The van der Waals surface area contributed by atoms with Crippen LogP contribution in [0.25, 0.3) is 16.5 Å². The summed E-state index contributed by atoms with van der Waals surface area (Å²) in [6.45, 7) is 0.0875. The van der Waals surface area contributed by atoms with Crippen LogP contribution in [0, 0.1) is 5.82 Å². The van der Waals surface area contributed by atoms with Gasteiger partial charge in [-0.25, -0.2) is 4.39 Å². The van der Waals surface area contributed by atoms with E-state index < -0.39 is 17.7 Å². The molecule has 1 amide bonds. The Morgan fingerprint density at radius 2 is 1.61 bits per heavy atom. The third-order valence-corrected chi connectivity index (χ3v) is 5.87. The molecule has 0 aliphatic carbocycles. The molecule has 5 rings (SSSR count). The van der Waals surface area contributed by atoms with E-state index in [0.29, 0.717) is 16.7 Å². The number of hydrogen-bond donors (Lipinski definition) is 1. The van der Waals surface area contributed by atoms with Gasteiger partial charge in [-0.3, -0.25) is 14.6 Å². The molecule has 0 spiro atoms. The van der Waals surface area contributed by atoms with E-state index in [-0.39, 0.29) is 23.7 Å². The number of aliphatic hydroxyl groups excluding tert-OH is 1. The largest absolute Gasteiger partial charge is 0.507 e. The van der Waals surface area contributed by atoms with Crippen LogP contribution in [0.1, 0.15) is 22.7 Å². The number of amides is 1. The molecule has 1 unspecified atom stereocenters. The van der Waals surface area contributed by atoms with Crippen LogP contribution < -0.4 is 0 Å². The summed E-state index contributed by atoms with van der Waals surface area (Å²) in [5.41, 5.74) is 1.81. The lowest BCUT2D eigenvalue weighted by Crippen LogP contribution is -2.29. The zero-order valence-electron chi connectivity index (χ0n) is 17.5. The maximum absolute atomic E-state index is 13.4. The molecule has 0 bridgehead atoms. The van der Waals surface area contributed by atoms with Crippen LogP contribution >= 0.6 is 0 Å². The van der Waals surface area contributed by atoms with Gasteiger partial charge in [0.25, 0.3) is 11.7 Å². The number of carbonyl (C=O) groups is 2. The summed E-state index contributed by atoms with van der Waals surface area (Å²) >= 11 is 0. The van der Waals surface area contributed by atoms with Crippen molar-refractivity contribution in [3.8, 4) is 0 Å². The fourth-order valence-electron chi connectivity index (χ4n) is 4.30. The fraction of sp³-hybridized carbons (Fsp3) is 0.0741. The maximum atomic E-state index is 13.4. The van der Waals surface area contributed by atoms with Crippen molar-refractivity contribution in [2.75, 3.05) is 0 Å². The van der Waals surface area contributed by atoms with Crippen LogP contribution in [-0.4, -0.2) is 26.7 Å². The van der Waals surface area contributed by atoms with E-state index in [1.165, 1.54) is 17.0 Å². The highest BCUT2D eigenvalue weighted by molar-refractivity contribution is 6.46. The summed E-state index contributed by atoms with van der Waals surface area (Å²) in [6, 6.07) is 21.4. The Hall–Kier alpha value is -4.32. The van der Waals surface area contributed by atoms with Gasteiger partial charge in [0.15, 0.2) is 0 Å². The molecule has 1 atom stereocenters. The van der Waals surface area contributed by atoms with Crippen molar-refractivity contribution < 1.29 is 19.1 Å². The van der Waals surface area contributed by atoms with Crippen LogP contribution in [0.3, 0.4) is 0 Å². The second kappa shape index (κ2) is 8.31. The fourth-order valence-corrected chi connectivity index (χ4v) is 4.30. The highest BCUT2D eigenvalue weighted by atomic mass is 19.1. The van der Waals surface area contributed by atoms with Gasteiger partial charge in [-0.05, 0) is 46.2 Å². The van der Waals surface area contributed by atoms with Crippen LogP contribution in [0.2, 0.25) is 0 Å². The summed E-state index contributed by atoms with van der Waals surface area (Å²) in [5, 5.41) is 13.1. The maximum Gasteiger partial charge on any atom is 0.295 e. The van der Waals surface area contributed by atoms with Gasteiger partial charge >= 0.3 is 0 Å². The topological polar surface area (TPSA) is 70.5 Å². The number of benzene rings is 3. The van der Waals surface area contributed by atoms with Gasteiger partial charge in [-0.2, -0.15) is 0 Å². The van der Waals surface area contributed by atoms with E-state index in [1.807, 2.05) is 30.3 Å². The predicted octanol–water partition coefficient (Wildman–Crippen LogP) is 5.00. The van der Waals surface area contributed by atoms with Crippen LogP contribution in [-0.2, 0) is 16.1 Å². The van der Waals surface area contributed by atoms with Gasteiger partial charge in [0.1, 0.15) is 11.6 Å². The Labute approximate surface area is 189 Å². The Balaban J connectivity index is 1.69. The molecule has 5 nitrogen and oxygen atoms in total. The first-order chi connectivity index (χ1) is 16.0. The lowest BCUT2D eigenvalue weighted by atomic mass is 9.94. The number of nitrogens with zero attached hydrogens (tertiary/aromatic N) is 2. The molecule has 33 heavy (non-hydrogen) atoms. The van der Waals surface area contributed by atoms with E-state index >= 15 is 0 Å². The van der Waals surface area contributed by atoms with Crippen molar-refractivity contribution in [2.45, 2.75) is 12.6 Å². The average molecular weight is 438 g/mol. The van der Waals surface area contributed by atoms with Gasteiger partial charge in [0, 0.05) is 24.5 Å². The predicted molar refractivity (Wildman–Crippen MR) is 122 cm³/mol. The molecule has 1 aliphatic heterocycles. The molecule has 0 radical (unpaired) electrons. The molecular formula is C27H19FN2O3. The summed E-state index contributed by atoms with van der Waals surface area (Å²) in [6.07, 6.45) is 3.15. The minimum absolute atomic E-state index is 0.0182. The molecular weight excluding hydrogens is 419 g/mol. The molecule has 162 valence electrons. The number of fused-ring (bicyclic) bond motifs is 1. The molecule has 1 aliphatic rings. The summed E-state index contributed by atoms with van der Waals surface area (Å²) in [5.74, 6) is -2.09. The zero-order chi connectivity index (χ0) is 22.9.